The Morgan fingerprint density at radius 3 is 2.94 bits per heavy atom. The van der Waals surface area contributed by atoms with Gasteiger partial charge >= 0.3 is 5.97 Å². The zero-order chi connectivity index (χ0) is 12.7. The zero-order valence-electron chi connectivity index (χ0n) is 8.72. The fourth-order valence-corrected chi connectivity index (χ4v) is 2.04. The van der Waals surface area contributed by atoms with Crippen LogP contribution in [0.1, 0.15) is 10.4 Å². The molecule has 2 aromatic heterocycles. The summed E-state index contributed by atoms with van der Waals surface area (Å²) >= 11 is 1.14. The summed E-state index contributed by atoms with van der Waals surface area (Å²) in [6.07, 6.45) is 1.52. The van der Waals surface area contributed by atoms with Crippen molar-refractivity contribution in [2.45, 2.75) is 0 Å². The lowest BCUT2D eigenvalue weighted by Gasteiger charge is -1.95. The average Bonchev–Trinajstić information content (AvgIpc) is 2.95. The number of halogens is 1. The number of nitrogens with one attached hydrogen (secondary N) is 1. The highest BCUT2D eigenvalue weighted by atomic mass is 32.1. The molecule has 0 spiro atoms. The van der Waals surface area contributed by atoms with E-state index >= 15 is 0 Å². The summed E-state index contributed by atoms with van der Waals surface area (Å²) in [5.41, 5.74) is 0.418. The monoisotopic (exact) mass is 264 g/mol. The Labute approximate surface area is 103 Å². The molecule has 18 heavy (non-hydrogen) atoms. The molecule has 0 atom stereocenters. The van der Waals surface area contributed by atoms with Gasteiger partial charge in [-0.15, -0.1) is 5.10 Å². The van der Waals surface area contributed by atoms with E-state index in [1.165, 1.54) is 12.3 Å². The van der Waals surface area contributed by atoms with Crippen LogP contribution in [0.2, 0.25) is 0 Å². The van der Waals surface area contributed by atoms with Gasteiger partial charge in [-0.2, -0.15) is 0 Å². The van der Waals surface area contributed by atoms with Crippen molar-refractivity contribution >= 4 is 28.5 Å². The first-order chi connectivity index (χ1) is 8.65. The number of aromatic nitrogens is 4. The molecule has 3 rings (SSSR count). The molecule has 0 radical (unpaired) electrons. The number of hydrogen-bond donors (Lipinski definition) is 2. The smallest absolute Gasteiger partial charge is 0.338 e. The molecule has 0 unspecified atom stereocenters. The fourth-order valence-electron chi connectivity index (χ4n) is 1.58. The predicted molar refractivity (Wildman–Crippen MR) is 61.9 cm³/mol. The van der Waals surface area contributed by atoms with Gasteiger partial charge in [0.1, 0.15) is 10.7 Å². The van der Waals surface area contributed by atoms with Crippen molar-refractivity contribution in [2.24, 2.45) is 0 Å². The maximum atomic E-state index is 13.5. The Balaban J connectivity index is 2.21. The summed E-state index contributed by atoms with van der Waals surface area (Å²) in [5.74, 6) is -1.63. The molecule has 2 heterocycles. The van der Waals surface area contributed by atoms with Gasteiger partial charge < -0.3 is 10.1 Å². The Morgan fingerprint density at radius 2 is 2.28 bits per heavy atom. The van der Waals surface area contributed by atoms with Crippen molar-refractivity contribution in [2.75, 3.05) is 0 Å². The number of carboxylic acids is 1. The number of aromatic amines is 1. The summed E-state index contributed by atoms with van der Waals surface area (Å²) in [6, 6.07) is 2.31. The third-order valence-electron chi connectivity index (χ3n) is 2.40. The van der Waals surface area contributed by atoms with E-state index in [4.69, 9.17) is 5.11 Å². The van der Waals surface area contributed by atoms with Gasteiger partial charge in [0, 0.05) is 6.07 Å². The van der Waals surface area contributed by atoms with Gasteiger partial charge in [-0.05, 0) is 17.6 Å². The largest absolute Gasteiger partial charge is 0.478 e. The van der Waals surface area contributed by atoms with E-state index in [1.54, 1.807) is 0 Å². The maximum absolute atomic E-state index is 13.5. The highest BCUT2D eigenvalue weighted by molar-refractivity contribution is 7.09. The van der Waals surface area contributed by atoms with E-state index in [9.17, 15) is 9.18 Å². The average molecular weight is 264 g/mol. The van der Waals surface area contributed by atoms with Gasteiger partial charge in [0.2, 0.25) is 0 Å². The van der Waals surface area contributed by atoms with Crippen LogP contribution in [0.4, 0.5) is 4.39 Å². The van der Waals surface area contributed by atoms with Crippen LogP contribution in [-0.4, -0.2) is 30.6 Å². The van der Waals surface area contributed by atoms with Gasteiger partial charge in [0.25, 0.3) is 0 Å². The zero-order valence-corrected chi connectivity index (χ0v) is 9.53. The molecule has 0 amide bonds. The molecule has 0 saturated carbocycles. The van der Waals surface area contributed by atoms with Gasteiger partial charge in [-0.1, -0.05) is 4.49 Å². The topological polar surface area (TPSA) is 91.8 Å². The van der Waals surface area contributed by atoms with Crippen LogP contribution >= 0.6 is 11.5 Å². The minimum Gasteiger partial charge on any atom is -0.478 e. The van der Waals surface area contributed by atoms with Crippen LogP contribution in [0.15, 0.2) is 18.3 Å². The first kappa shape index (κ1) is 10.8. The molecule has 2 N–H and O–H groups in total. The second kappa shape index (κ2) is 3.84. The van der Waals surface area contributed by atoms with E-state index in [0.717, 1.165) is 17.6 Å². The van der Waals surface area contributed by atoms with Crippen LogP contribution < -0.4 is 0 Å². The quantitative estimate of drug-likeness (QED) is 0.737. The Hall–Kier alpha value is -2.35. The molecular weight excluding hydrogens is 259 g/mol. The molecule has 0 bridgehead atoms. The number of nitrogens with zero attached hydrogens (tertiary/aromatic N) is 3. The summed E-state index contributed by atoms with van der Waals surface area (Å²) in [4.78, 5) is 18.6. The molecule has 0 aliphatic carbocycles. The minimum atomic E-state index is -1.32. The number of carbonyl (C=O) groups is 1. The SMILES string of the molecule is O=C(O)c1cc2nc(-c3cnns3)[nH]c2cc1F. The van der Waals surface area contributed by atoms with Gasteiger partial charge in [-0.25, -0.2) is 14.2 Å². The molecule has 8 heteroatoms. The summed E-state index contributed by atoms with van der Waals surface area (Å²) in [7, 11) is 0. The molecule has 1 aromatic carbocycles. The number of imidazole rings is 1. The number of benzene rings is 1. The summed E-state index contributed by atoms with van der Waals surface area (Å²) in [5, 5.41) is 12.5. The lowest BCUT2D eigenvalue weighted by Crippen LogP contribution is -1.99. The molecule has 90 valence electrons. The Kier molecular flexibility index (Phi) is 2.30. The third kappa shape index (κ3) is 1.63. The van der Waals surface area contributed by atoms with E-state index < -0.39 is 17.3 Å². The molecule has 0 aliphatic heterocycles. The number of aromatic carboxylic acids is 1. The van der Waals surface area contributed by atoms with Gasteiger partial charge in [0.15, 0.2) is 5.82 Å². The summed E-state index contributed by atoms with van der Waals surface area (Å²) < 4.78 is 17.2. The molecule has 6 nitrogen and oxygen atoms in total. The van der Waals surface area contributed by atoms with Crippen molar-refractivity contribution < 1.29 is 14.3 Å². The van der Waals surface area contributed by atoms with E-state index in [0.29, 0.717) is 21.7 Å². The Morgan fingerprint density at radius 1 is 1.44 bits per heavy atom. The highest BCUT2D eigenvalue weighted by Crippen LogP contribution is 2.24. The van der Waals surface area contributed by atoms with Crippen molar-refractivity contribution in [3.63, 3.8) is 0 Å². The predicted octanol–water partition coefficient (Wildman–Crippen LogP) is 1.92. The van der Waals surface area contributed by atoms with Crippen molar-refractivity contribution in [3.05, 3.63) is 29.7 Å². The standard InChI is InChI=1S/C10H5FN4O2S/c11-5-2-7-6(1-4(5)10(16)17)13-9(14-7)8-3-12-15-18-8/h1-3H,(H,13,14)(H,16,17). The maximum Gasteiger partial charge on any atom is 0.338 e. The fraction of sp³-hybridized carbons (Fsp3) is 0. The molecule has 0 aliphatic rings. The molecule has 3 aromatic rings. The van der Waals surface area contributed by atoms with Crippen molar-refractivity contribution in [3.8, 4) is 10.7 Å². The molecule has 0 fully saturated rings. The van der Waals surface area contributed by atoms with E-state index in [-0.39, 0.29) is 0 Å². The minimum absolute atomic E-state index is 0.386. The van der Waals surface area contributed by atoms with E-state index in [2.05, 4.69) is 19.6 Å². The van der Waals surface area contributed by atoms with Crippen molar-refractivity contribution in [1.82, 2.24) is 19.6 Å². The van der Waals surface area contributed by atoms with Gasteiger partial charge in [0.05, 0.1) is 22.8 Å². The highest BCUT2D eigenvalue weighted by Gasteiger charge is 2.15. The molecular formula is C10H5FN4O2S. The third-order valence-corrected chi connectivity index (χ3v) is 3.07. The van der Waals surface area contributed by atoms with Gasteiger partial charge in [-0.3, -0.25) is 0 Å². The lowest BCUT2D eigenvalue weighted by atomic mass is 10.2. The van der Waals surface area contributed by atoms with Crippen LogP contribution in [-0.2, 0) is 0 Å². The first-order valence-corrected chi connectivity index (χ1v) is 5.63. The normalized spacial score (nSPS) is 10.9. The van der Waals surface area contributed by atoms with E-state index in [1.807, 2.05) is 0 Å². The Bertz CT molecular complexity index is 738. The van der Waals surface area contributed by atoms with Crippen LogP contribution in [0.3, 0.4) is 0 Å². The van der Waals surface area contributed by atoms with Crippen LogP contribution in [0.25, 0.3) is 21.7 Å². The first-order valence-electron chi connectivity index (χ1n) is 4.85. The summed E-state index contributed by atoms with van der Waals surface area (Å²) in [6.45, 7) is 0. The van der Waals surface area contributed by atoms with Crippen LogP contribution in [0.5, 0.6) is 0 Å². The molecule has 0 saturated heterocycles. The number of rotatable bonds is 2. The second-order valence-corrected chi connectivity index (χ2v) is 4.31. The number of fused-ring (bicyclic) bond motifs is 1. The lowest BCUT2D eigenvalue weighted by molar-refractivity contribution is 0.0692. The van der Waals surface area contributed by atoms with Crippen molar-refractivity contribution in [1.29, 1.82) is 0 Å². The van der Waals surface area contributed by atoms with Crippen LogP contribution in [0, 0.1) is 5.82 Å². The number of hydrogen-bond acceptors (Lipinski definition) is 5. The second-order valence-electron chi connectivity index (χ2n) is 3.52. The number of carboxylic acid groups (broad SMARTS) is 1. The number of H-pyrrole nitrogens is 1.